The average molecular weight is 304 g/mol. The Labute approximate surface area is 127 Å². The van der Waals surface area contributed by atoms with Crippen LogP contribution in [0.5, 0.6) is 5.75 Å². The lowest BCUT2D eigenvalue weighted by atomic mass is 10.2. The topological polar surface area (TPSA) is 14.2 Å². The van der Waals surface area contributed by atoms with Crippen LogP contribution in [0.25, 0.3) is 10.9 Å². The fourth-order valence-electron chi connectivity index (χ4n) is 2.51. The molecule has 0 aliphatic carbocycles. The third kappa shape index (κ3) is 2.74. The third-order valence-corrected chi connectivity index (χ3v) is 3.81. The first-order valence-corrected chi connectivity index (χ1v) is 7.22. The summed E-state index contributed by atoms with van der Waals surface area (Å²) in [5, 5.41) is 1.74. The number of fused-ring (bicyclic) bond motifs is 1. The van der Waals surface area contributed by atoms with Crippen molar-refractivity contribution in [2.45, 2.75) is 20.1 Å². The molecule has 4 heteroatoms. The molecule has 0 spiro atoms. The Morgan fingerprint density at radius 3 is 2.71 bits per heavy atom. The Bertz CT molecular complexity index is 782. The van der Waals surface area contributed by atoms with E-state index in [2.05, 4.69) is 11.5 Å². The van der Waals surface area contributed by atoms with Crippen LogP contribution in [0.3, 0.4) is 0 Å². The highest BCUT2D eigenvalue weighted by Crippen LogP contribution is 2.27. The number of nitrogens with zero attached hydrogens (tertiary/aromatic N) is 1. The summed E-state index contributed by atoms with van der Waals surface area (Å²) in [5.74, 6) is 0.223. The molecule has 0 N–H and O–H groups in total. The van der Waals surface area contributed by atoms with E-state index in [4.69, 9.17) is 16.3 Å². The van der Waals surface area contributed by atoms with E-state index in [1.54, 1.807) is 12.1 Å². The second-order valence-electron chi connectivity index (χ2n) is 4.80. The largest absolute Gasteiger partial charge is 0.487 e. The molecule has 1 heterocycles. The SMILES string of the molecule is CCn1c(COc2cccc(F)c2)cc2c(Cl)cccc21. The third-order valence-electron chi connectivity index (χ3n) is 3.48. The molecular formula is C17H15ClFNO. The minimum atomic E-state index is -0.299. The van der Waals surface area contributed by atoms with Gasteiger partial charge in [0, 0.05) is 28.5 Å². The molecule has 1 aromatic heterocycles. The Morgan fingerprint density at radius 1 is 1.14 bits per heavy atom. The van der Waals surface area contributed by atoms with Gasteiger partial charge in [0.25, 0.3) is 0 Å². The van der Waals surface area contributed by atoms with Crippen LogP contribution in [0.4, 0.5) is 4.39 Å². The second-order valence-corrected chi connectivity index (χ2v) is 5.21. The lowest BCUT2D eigenvalue weighted by molar-refractivity contribution is 0.294. The minimum absolute atomic E-state index is 0.299. The first kappa shape index (κ1) is 14.0. The number of rotatable bonds is 4. The quantitative estimate of drug-likeness (QED) is 0.659. The van der Waals surface area contributed by atoms with Crippen LogP contribution in [-0.2, 0) is 13.2 Å². The van der Waals surface area contributed by atoms with Gasteiger partial charge in [-0.2, -0.15) is 0 Å². The van der Waals surface area contributed by atoms with Crippen molar-refractivity contribution in [1.29, 1.82) is 0 Å². The van der Waals surface area contributed by atoms with Gasteiger partial charge >= 0.3 is 0 Å². The van der Waals surface area contributed by atoms with Gasteiger partial charge in [-0.15, -0.1) is 0 Å². The highest BCUT2D eigenvalue weighted by Gasteiger charge is 2.10. The molecule has 0 aliphatic heterocycles. The molecule has 0 atom stereocenters. The predicted octanol–water partition coefficient (Wildman–Crippen LogP) is 5.03. The van der Waals surface area contributed by atoms with Gasteiger partial charge in [-0.25, -0.2) is 4.39 Å². The van der Waals surface area contributed by atoms with Crippen molar-refractivity contribution in [3.63, 3.8) is 0 Å². The highest BCUT2D eigenvalue weighted by molar-refractivity contribution is 6.35. The van der Waals surface area contributed by atoms with Crippen LogP contribution in [0.2, 0.25) is 5.02 Å². The van der Waals surface area contributed by atoms with Crippen LogP contribution in [0.1, 0.15) is 12.6 Å². The molecule has 21 heavy (non-hydrogen) atoms. The fraction of sp³-hybridized carbons (Fsp3) is 0.176. The van der Waals surface area contributed by atoms with Crippen molar-refractivity contribution in [1.82, 2.24) is 4.57 Å². The monoisotopic (exact) mass is 303 g/mol. The van der Waals surface area contributed by atoms with Gasteiger partial charge in [0.05, 0.1) is 5.69 Å². The molecule has 3 rings (SSSR count). The molecule has 0 saturated carbocycles. The van der Waals surface area contributed by atoms with Gasteiger partial charge in [0.2, 0.25) is 0 Å². The van der Waals surface area contributed by atoms with Gasteiger partial charge in [-0.1, -0.05) is 23.7 Å². The zero-order valence-electron chi connectivity index (χ0n) is 11.6. The van der Waals surface area contributed by atoms with E-state index in [9.17, 15) is 4.39 Å². The molecule has 0 fully saturated rings. The Hall–Kier alpha value is -2.00. The number of aromatic nitrogens is 1. The van der Waals surface area contributed by atoms with Crippen LogP contribution in [0.15, 0.2) is 48.5 Å². The first-order valence-electron chi connectivity index (χ1n) is 6.84. The molecule has 2 nitrogen and oxygen atoms in total. The van der Waals surface area contributed by atoms with Gasteiger partial charge < -0.3 is 9.30 Å². The predicted molar refractivity (Wildman–Crippen MR) is 83.4 cm³/mol. The fourth-order valence-corrected chi connectivity index (χ4v) is 2.73. The van der Waals surface area contributed by atoms with E-state index in [0.29, 0.717) is 12.4 Å². The van der Waals surface area contributed by atoms with Crippen LogP contribution >= 0.6 is 11.6 Å². The van der Waals surface area contributed by atoms with Gasteiger partial charge in [-0.05, 0) is 37.3 Å². The number of ether oxygens (including phenoxy) is 1. The van der Waals surface area contributed by atoms with Crippen molar-refractivity contribution >= 4 is 22.5 Å². The Balaban J connectivity index is 1.91. The van der Waals surface area contributed by atoms with Gasteiger partial charge in [0.15, 0.2) is 0 Å². The Kier molecular flexibility index (Phi) is 3.84. The minimum Gasteiger partial charge on any atom is -0.487 e. The molecule has 108 valence electrons. The summed E-state index contributed by atoms with van der Waals surface area (Å²) < 4.78 is 21.0. The molecule has 0 bridgehead atoms. The Morgan fingerprint density at radius 2 is 1.95 bits per heavy atom. The summed E-state index contributed by atoms with van der Waals surface area (Å²) in [5.41, 5.74) is 2.10. The van der Waals surface area contributed by atoms with Crippen molar-refractivity contribution < 1.29 is 9.13 Å². The summed E-state index contributed by atoms with van der Waals surface area (Å²) >= 11 is 6.23. The van der Waals surface area contributed by atoms with Crippen molar-refractivity contribution in [2.75, 3.05) is 0 Å². The van der Waals surface area contributed by atoms with E-state index in [0.717, 1.165) is 28.2 Å². The number of halogens is 2. The van der Waals surface area contributed by atoms with E-state index in [1.165, 1.54) is 12.1 Å². The van der Waals surface area contributed by atoms with Gasteiger partial charge in [-0.3, -0.25) is 0 Å². The van der Waals surface area contributed by atoms with E-state index >= 15 is 0 Å². The average Bonchev–Trinajstić information content (AvgIpc) is 2.84. The number of hydrogen-bond acceptors (Lipinski definition) is 1. The lowest BCUT2D eigenvalue weighted by Crippen LogP contribution is -2.04. The van der Waals surface area contributed by atoms with E-state index < -0.39 is 0 Å². The smallest absolute Gasteiger partial charge is 0.128 e. The molecule has 0 unspecified atom stereocenters. The maximum absolute atomic E-state index is 13.2. The number of hydrogen-bond donors (Lipinski definition) is 0. The first-order chi connectivity index (χ1) is 10.2. The van der Waals surface area contributed by atoms with E-state index in [1.807, 2.05) is 24.3 Å². The molecule has 2 aromatic carbocycles. The van der Waals surface area contributed by atoms with Crippen molar-refractivity contribution in [3.8, 4) is 5.75 Å². The molecule has 0 amide bonds. The summed E-state index contributed by atoms with van der Waals surface area (Å²) in [6, 6.07) is 14.0. The summed E-state index contributed by atoms with van der Waals surface area (Å²) in [6.45, 7) is 3.28. The standard InChI is InChI=1S/C17H15ClFNO/c1-2-20-13(10-15-16(18)7-4-8-17(15)20)11-21-14-6-3-5-12(19)9-14/h3-10H,2,11H2,1H3. The maximum atomic E-state index is 13.2. The summed E-state index contributed by atoms with van der Waals surface area (Å²) in [6.07, 6.45) is 0. The summed E-state index contributed by atoms with van der Waals surface area (Å²) in [7, 11) is 0. The molecule has 3 aromatic rings. The zero-order valence-corrected chi connectivity index (χ0v) is 12.4. The molecular weight excluding hydrogens is 289 g/mol. The number of aryl methyl sites for hydroxylation is 1. The molecule has 0 saturated heterocycles. The van der Waals surface area contributed by atoms with Crippen molar-refractivity contribution in [2.24, 2.45) is 0 Å². The van der Waals surface area contributed by atoms with Crippen LogP contribution in [-0.4, -0.2) is 4.57 Å². The summed E-state index contributed by atoms with van der Waals surface area (Å²) in [4.78, 5) is 0. The maximum Gasteiger partial charge on any atom is 0.128 e. The van der Waals surface area contributed by atoms with E-state index in [-0.39, 0.29) is 5.82 Å². The lowest BCUT2D eigenvalue weighted by Gasteiger charge is -2.10. The second kappa shape index (κ2) is 5.78. The highest BCUT2D eigenvalue weighted by atomic mass is 35.5. The van der Waals surface area contributed by atoms with Gasteiger partial charge in [0.1, 0.15) is 18.2 Å². The normalized spacial score (nSPS) is 11.0. The molecule has 0 aliphatic rings. The molecule has 0 radical (unpaired) electrons. The number of benzene rings is 2. The van der Waals surface area contributed by atoms with Crippen molar-refractivity contribution in [3.05, 3.63) is 65.1 Å². The zero-order chi connectivity index (χ0) is 14.8. The van der Waals surface area contributed by atoms with Crippen LogP contribution < -0.4 is 4.74 Å². The van der Waals surface area contributed by atoms with Crippen LogP contribution in [0, 0.1) is 5.82 Å².